The van der Waals surface area contributed by atoms with Gasteiger partial charge >= 0.3 is 0 Å². The van der Waals surface area contributed by atoms with Crippen LogP contribution in [0.4, 0.5) is 11.8 Å². The van der Waals surface area contributed by atoms with E-state index >= 15 is 0 Å². The monoisotopic (exact) mass is 272 g/mol. The summed E-state index contributed by atoms with van der Waals surface area (Å²) in [6, 6.07) is 0. The van der Waals surface area contributed by atoms with Crippen LogP contribution in [0.1, 0.15) is 26.7 Å². The van der Waals surface area contributed by atoms with Crippen LogP contribution in [0.2, 0.25) is 5.02 Å². The first-order valence-corrected chi connectivity index (χ1v) is 6.58. The lowest BCUT2D eigenvalue weighted by atomic mass is 10.3. The fraction of sp³-hybridized carbons (Fsp3) is 0.667. The second-order valence-corrected chi connectivity index (χ2v) is 4.76. The van der Waals surface area contributed by atoms with Crippen molar-refractivity contribution < 1.29 is 5.11 Å². The molecule has 0 aromatic carbocycles. The number of nitrogens with zero attached hydrogens (tertiary/aromatic N) is 3. The third-order valence-corrected chi connectivity index (χ3v) is 2.77. The van der Waals surface area contributed by atoms with Gasteiger partial charge in [0.15, 0.2) is 5.82 Å². The van der Waals surface area contributed by atoms with Crippen molar-refractivity contribution >= 4 is 23.4 Å². The lowest BCUT2D eigenvalue weighted by Gasteiger charge is -2.20. The minimum Gasteiger partial charge on any atom is -0.393 e. The summed E-state index contributed by atoms with van der Waals surface area (Å²) in [5.41, 5.74) is 0. The van der Waals surface area contributed by atoms with Crippen LogP contribution in [0.15, 0.2) is 6.20 Å². The van der Waals surface area contributed by atoms with Crippen LogP contribution in [-0.2, 0) is 0 Å². The average Bonchev–Trinajstić information content (AvgIpc) is 2.35. The molecule has 18 heavy (non-hydrogen) atoms. The van der Waals surface area contributed by atoms with Gasteiger partial charge in [0.1, 0.15) is 5.02 Å². The van der Waals surface area contributed by atoms with Crippen LogP contribution in [-0.4, -0.2) is 41.3 Å². The summed E-state index contributed by atoms with van der Waals surface area (Å²) in [7, 11) is 1.90. The third-order valence-electron chi connectivity index (χ3n) is 2.50. The molecule has 1 heterocycles. The zero-order valence-corrected chi connectivity index (χ0v) is 11.9. The number of nitrogens with one attached hydrogen (secondary N) is 1. The van der Waals surface area contributed by atoms with E-state index < -0.39 is 0 Å². The number of hydrogen-bond donors (Lipinski definition) is 2. The molecule has 0 fully saturated rings. The van der Waals surface area contributed by atoms with E-state index in [0.29, 0.717) is 29.8 Å². The molecule has 0 radical (unpaired) electrons. The van der Waals surface area contributed by atoms with Gasteiger partial charge in [-0.25, -0.2) is 4.98 Å². The molecule has 0 aliphatic rings. The minimum absolute atomic E-state index is 0.328. The highest BCUT2D eigenvalue weighted by molar-refractivity contribution is 6.32. The van der Waals surface area contributed by atoms with E-state index in [4.69, 9.17) is 11.6 Å². The van der Waals surface area contributed by atoms with Gasteiger partial charge in [0.05, 0.1) is 12.3 Å². The zero-order chi connectivity index (χ0) is 13.5. The smallest absolute Gasteiger partial charge is 0.224 e. The van der Waals surface area contributed by atoms with Gasteiger partial charge in [0.2, 0.25) is 5.95 Å². The van der Waals surface area contributed by atoms with Gasteiger partial charge in [-0.3, -0.25) is 0 Å². The van der Waals surface area contributed by atoms with Crippen LogP contribution < -0.4 is 10.2 Å². The van der Waals surface area contributed by atoms with Crippen LogP contribution >= 0.6 is 11.6 Å². The van der Waals surface area contributed by atoms with E-state index in [2.05, 4.69) is 22.2 Å². The second-order valence-electron chi connectivity index (χ2n) is 4.35. The van der Waals surface area contributed by atoms with Gasteiger partial charge in [0, 0.05) is 20.1 Å². The maximum atomic E-state index is 9.28. The number of hydrogen-bond acceptors (Lipinski definition) is 5. The normalized spacial score (nSPS) is 12.3. The molecule has 1 aromatic heterocycles. The highest BCUT2D eigenvalue weighted by Crippen LogP contribution is 2.22. The average molecular weight is 273 g/mol. The van der Waals surface area contributed by atoms with Crippen molar-refractivity contribution in [1.82, 2.24) is 9.97 Å². The van der Waals surface area contributed by atoms with Crippen LogP contribution in [0.3, 0.4) is 0 Å². The molecule has 0 bridgehead atoms. The maximum absolute atomic E-state index is 9.28. The fourth-order valence-electron chi connectivity index (χ4n) is 1.43. The molecular formula is C12H21ClN4O. The Labute approximate surface area is 113 Å². The largest absolute Gasteiger partial charge is 0.393 e. The Hall–Kier alpha value is -1.07. The van der Waals surface area contributed by atoms with Crippen molar-refractivity contribution in [2.75, 3.05) is 30.4 Å². The lowest BCUT2D eigenvalue weighted by Crippen LogP contribution is -2.23. The van der Waals surface area contributed by atoms with Gasteiger partial charge in [-0.05, 0) is 19.8 Å². The number of aliphatic hydroxyl groups excluding tert-OH is 1. The van der Waals surface area contributed by atoms with Crippen LogP contribution in [0.25, 0.3) is 0 Å². The first-order valence-electron chi connectivity index (χ1n) is 6.20. The van der Waals surface area contributed by atoms with Gasteiger partial charge in [-0.2, -0.15) is 4.98 Å². The number of halogens is 1. The third kappa shape index (κ3) is 4.66. The van der Waals surface area contributed by atoms with Gasteiger partial charge in [0.25, 0.3) is 0 Å². The molecule has 0 aliphatic carbocycles. The van der Waals surface area contributed by atoms with Crippen LogP contribution in [0, 0.1) is 0 Å². The quantitative estimate of drug-likeness (QED) is 0.796. The molecule has 2 N–H and O–H groups in total. The molecule has 0 saturated heterocycles. The predicted molar refractivity (Wildman–Crippen MR) is 75.4 cm³/mol. The first-order chi connectivity index (χ1) is 8.54. The number of anilines is 2. The zero-order valence-electron chi connectivity index (χ0n) is 11.1. The van der Waals surface area contributed by atoms with Crippen molar-refractivity contribution in [3.8, 4) is 0 Å². The summed E-state index contributed by atoms with van der Waals surface area (Å²) in [4.78, 5) is 10.4. The molecule has 5 nitrogen and oxygen atoms in total. The summed E-state index contributed by atoms with van der Waals surface area (Å²) in [5, 5.41) is 12.9. The van der Waals surface area contributed by atoms with Crippen molar-refractivity contribution in [3.63, 3.8) is 0 Å². The van der Waals surface area contributed by atoms with Crippen LogP contribution in [0.5, 0.6) is 0 Å². The molecule has 0 aliphatic heterocycles. The molecule has 6 heteroatoms. The molecule has 1 rings (SSSR count). The molecular weight excluding hydrogens is 252 g/mol. The number of rotatable bonds is 7. The topological polar surface area (TPSA) is 61.3 Å². The SMILES string of the molecule is CCCNc1ncc(Cl)c(N(C)CCC(C)O)n1. The van der Waals surface area contributed by atoms with E-state index in [-0.39, 0.29) is 6.10 Å². The van der Waals surface area contributed by atoms with Gasteiger partial charge in [-0.1, -0.05) is 18.5 Å². The summed E-state index contributed by atoms with van der Waals surface area (Å²) >= 11 is 6.08. The fourth-order valence-corrected chi connectivity index (χ4v) is 1.67. The van der Waals surface area contributed by atoms with Gasteiger partial charge < -0.3 is 15.3 Å². The van der Waals surface area contributed by atoms with E-state index in [1.807, 2.05) is 11.9 Å². The van der Waals surface area contributed by atoms with Crippen molar-refractivity contribution in [2.24, 2.45) is 0 Å². The Morgan fingerprint density at radius 3 is 2.89 bits per heavy atom. The molecule has 1 atom stereocenters. The Kier molecular flexibility index (Phi) is 6.15. The Bertz CT molecular complexity index is 373. The Morgan fingerprint density at radius 1 is 1.56 bits per heavy atom. The van der Waals surface area contributed by atoms with Gasteiger partial charge in [-0.15, -0.1) is 0 Å². The predicted octanol–water partition coefficient (Wildman–Crippen LogP) is 2.16. The maximum Gasteiger partial charge on any atom is 0.224 e. The summed E-state index contributed by atoms with van der Waals surface area (Å²) < 4.78 is 0. The molecule has 1 aromatic rings. The van der Waals surface area contributed by atoms with E-state index in [0.717, 1.165) is 13.0 Å². The van der Waals surface area contributed by atoms with Crippen molar-refractivity contribution in [1.29, 1.82) is 0 Å². The van der Waals surface area contributed by atoms with Crippen molar-refractivity contribution in [3.05, 3.63) is 11.2 Å². The molecule has 0 spiro atoms. The second kappa shape index (κ2) is 7.38. The molecule has 0 saturated carbocycles. The number of aliphatic hydroxyl groups is 1. The standard InChI is InChI=1S/C12H21ClN4O/c1-4-6-14-12-15-8-10(13)11(16-12)17(3)7-5-9(2)18/h8-9,18H,4-7H2,1-3H3,(H,14,15,16). The van der Waals surface area contributed by atoms with E-state index in [1.165, 1.54) is 0 Å². The summed E-state index contributed by atoms with van der Waals surface area (Å²) in [6.45, 7) is 5.38. The molecule has 1 unspecified atom stereocenters. The highest BCUT2D eigenvalue weighted by Gasteiger charge is 2.10. The number of aromatic nitrogens is 2. The summed E-state index contributed by atoms with van der Waals surface area (Å²) in [6.07, 6.45) is 2.96. The Morgan fingerprint density at radius 2 is 2.28 bits per heavy atom. The minimum atomic E-state index is -0.328. The van der Waals surface area contributed by atoms with Crippen molar-refractivity contribution in [2.45, 2.75) is 32.8 Å². The first kappa shape index (κ1) is 15.0. The lowest BCUT2D eigenvalue weighted by molar-refractivity contribution is 0.187. The highest BCUT2D eigenvalue weighted by atomic mass is 35.5. The Balaban J connectivity index is 2.72. The van der Waals surface area contributed by atoms with E-state index in [1.54, 1.807) is 13.1 Å². The summed E-state index contributed by atoms with van der Waals surface area (Å²) in [5.74, 6) is 1.27. The molecule has 0 amide bonds. The van der Waals surface area contributed by atoms with E-state index in [9.17, 15) is 5.11 Å². The molecule has 102 valence electrons.